The van der Waals surface area contributed by atoms with Crippen molar-refractivity contribution in [1.82, 2.24) is 20.2 Å². The molecule has 0 radical (unpaired) electrons. The molecule has 0 spiro atoms. The lowest BCUT2D eigenvalue weighted by molar-refractivity contribution is 0.0999. The Kier molecular flexibility index (Phi) is 22.7. The molecular formula is C45H60Cl2N10O2. The number of hydrogen-bond donors (Lipinski definition) is 2. The fourth-order valence-corrected chi connectivity index (χ4v) is 6.91. The third kappa shape index (κ3) is 16.6. The topological polar surface area (TPSA) is 192 Å². The summed E-state index contributed by atoms with van der Waals surface area (Å²) in [5.74, 6) is 0.862. The van der Waals surface area contributed by atoms with Gasteiger partial charge >= 0.3 is 0 Å². The van der Waals surface area contributed by atoms with E-state index >= 15 is 0 Å². The number of nitrogens with two attached hydrogens (primary N) is 2. The maximum atomic E-state index is 10.6. The van der Waals surface area contributed by atoms with Gasteiger partial charge in [-0.1, -0.05) is 89.4 Å². The normalized spacial score (nSPS) is 13.6. The minimum Gasteiger partial charge on any atom is -0.372 e. The first-order valence-electron chi connectivity index (χ1n) is 20.1. The molecule has 316 valence electrons. The number of primary amides is 1. The van der Waals surface area contributed by atoms with Crippen LogP contribution in [0, 0.1) is 22.7 Å². The number of nitrogens with zero attached hydrogens (tertiary/aromatic N) is 8. The fourth-order valence-electron chi connectivity index (χ4n) is 6.47. The maximum Gasteiger partial charge on any atom is 0.251 e. The molecule has 6 rings (SSSR count). The molecule has 2 heterocycles. The number of amides is 1. The molecule has 2 aliphatic rings. The Morgan fingerprint density at radius 1 is 0.729 bits per heavy atom. The zero-order valence-electron chi connectivity index (χ0n) is 35.5. The predicted molar refractivity (Wildman–Crippen MR) is 239 cm³/mol. The molecule has 0 bridgehead atoms. The van der Waals surface area contributed by atoms with Crippen molar-refractivity contribution in [1.29, 1.82) is 10.5 Å². The molecule has 2 aromatic heterocycles. The van der Waals surface area contributed by atoms with Crippen LogP contribution in [-0.2, 0) is 0 Å². The number of nitriles is 2. The summed E-state index contributed by atoms with van der Waals surface area (Å²) in [7, 11) is 5.74. The Morgan fingerprint density at radius 2 is 1.17 bits per heavy atom. The highest BCUT2D eigenvalue weighted by Gasteiger charge is 2.20. The van der Waals surface area contributed by atoms with Gasteiger partial charge in [0, 0.05) is 55.9 Å². The summed E-state index contributed by atoms with van der Waals surface area (Å²) in [4.78, 5) is 33.4. The third-order valence-corrected chi connectivity index (χ3v) is 10.7. The summed E-state index contributed by atoms with van der Waals surface area (Å²) >= 11 is 12.1. The van der Waals surface area contributed by atoms with Crippen LogP contribution in [-0.4, -0.2) is 65.6 Å². The molecule has 2 aliphatic carbocycles. The second-order valence-electron chi connectivity index (χ2n) is 14.9. The summed E-state index contributed by atoms with van der Waals surface area (Å²) in [6.45, 7) is 8.04. The molecule has 59 heavy (non-hydrogen) atoms. The summed E-state index contributed by atoms with van der Waals surface area (Å²) in [6, 6.07) is 20.3. The predicted octanol–water partition coefficient (Wildman–Crippen LogP) is 9.65. The zero-order chi connectivity index (χ0) is 43.9. The second kappa shape index (κ2) is 26.8. The minimum atomic E-state index is -0.495. The quantitative estimate of drug-likeness (QED) is 0.161. The van der Waals surface area contributed by atoms with E-state index in [0.717, 1.165) is 22.9 Å². The standard InChI is InChI=1S/2C14H17ClN2.C8H11N3O.C8H10N2O.CH5N/c2*1-17(12-5-3-2-4-6-12)13-8-7-11(10-16)14(15)9-13;1-5(2)8-10-3-6(4-11-8)7(9)12;1-6(2)8-4-3-7(5-11)9-10-8;1-2/h2*7-9,12H,2-6H2,1H3;3-5H,1-2H3,(H2,9,12);3-6H,1-2H3;2H2,1H3. The minimum absolute atomic E-state index is 0.270. The molecular weight excluding hydrogens is 783 g/mol. The van der Waals surface area contributed by atoms with Crippen LogP contribution in [0.15, 0.2) is 60.9 Å². The highest BCUT2D eigenvalue weighted by molar-refractivity contribution is 6.32. The zero-order valence-corrected chi connectivity index (χ0v) is 37.0. The van der Waals surface area contributed by atoms with Crippen molar-refractivity contribution in [2.45, 2.75) is 116 Å². The Balaban J connectivity index is 0.000000272. The number of benzene rings is 2. The lowest BCUT2D eigenvalue weighted by Crippen LogP contribution is -2.33. The lowest BCUT2D eigenvalue weighted by Gasteiger charge is -2.33. The Hall–Kier alpha value is -5.14. The van der Waals surface area contributed by atoms with Gasteiger partial charge in [-0.25, -0.2) is 9.97 Å². The van der Waals surface area contributed by atoms with Gasteiger partial charge in [0.2, 0.25) is 0 Å². The van der Waals surface area contributed by atoms with E-state index in [1.807, 2.05) is 58.0 Å². The largest absolute Gasteiger partial charge is 0.372 e. The Bertz CT molecular complexity index is 1870. The number of carbonyl (C=O) groups excluding carboxylic acids is 2. The van der Waals surface area contributed by atoms with Gasteiger partial charge in [-0.15, -0.1) is 5.10 Å². The first-order valence-corrected chi connectivity index (χ1v) is 20.9. The third-order valence-electron chi connectivity index (χ3n) is 10.1. The number of aromatic nitrogens is 4. The number of anilines is 2. The van der Waals surface area contributed by atoms with E-state index < -0.39 is 5.91 Å². The summed E-state index contributed by atoms with van der Waals surface area (Å²) in [5.41, 5.74) is 14.5. The highest BCUT2D eigenvalue weighted by atomic mass is 35.5. The average Bonchev–Trinajstić information content (AvgIpc) is 3.27. The van der Waals surface area contributed by atoms with Gasteiger partial charge in [-0.05, 0) is 87.2 Å². The van der Waals surface area contributed by atoms with E-state index in [0.29, 0.717) is 56.7 Å². The maximum absolute atomic E-state index is 10.6. The van der Waals surface area contributed by atoms with Crippen molar-refractivity contribution in [3.05, 3.63) is 105 Å². The monoisotopic (exact) mass is 842 g/mol. The molecule has 2 aromatic carbocycles. The molecule has 12 nitrogen and oxygen atoms in total. The van der Waals surface area contributed by atoms with Crippen LogP contribution >= 0.6 is 23.2 Å². The number of aldehydes is 1. The van der Waals surface area contributed by atoms with Gasteiger partial charge in [-0.2, -0.15) is 15.6 Å². The van der Waals surface area contributed by atoms with Crippen molar-refractivity contribution in [3.63, 3.8) is 0 Å². The van der Waals surface area contributed by atoms with Crippen LogP contribution in [0.4, 0.5) is 11.4 Å². The Labute approximate surface area is 360 Å². The Morgan fingerprint density at radius 3 is 1.47 bits per heavy atom. The summed E-state index contributed by atoms with van der Waals surface area (Å²) in [5, 5.41) is 26.4. The van der Waals surface area contributed by atoms with Crippen LogP contribution in [0.25, 0.3) is 0 Å². The van der Waals surface area contributed by atoms with Crippen molar-refractivity contribution >= 4 is 46.8 Å². The van der Waals surface area contributed by atoms with Gasteiger partial charge in [0.1, 0.15) is 23.7 Å². The van der Waals surface area contributed by atoms with E-state index in [1.165, 1.54) is 83.6 Å². The van der Waals surface area contributed by atoms with Crippen molar-refractivity contribution < 1.29 is 9.59 Å². The first kappa shape index (κ1) is 50.0. The molecule has 4 N–H and O–H groups in total. The van der Waals surface area contributed by atoms with Crippen LogP contribution in [0.3, 0.4) is 0 Å². The number of rotatable bonds is 8. The molecule has 2 saturated carbocycles. The highest BCUT2D eigenvalue weighted by Crippen LogP contribution is 2.30. The van der Waals surface area contributed by atoms with Gasteiger partial charge < -0.3 is 21.3 Å². The van der Waals surface area contributed by atoms with Crippen LogP contribution in [0.1, 0.15) is 147 Å². The molecule has 2 fully saturated rings. The van der Waals surface area contributed by atoms with Gasteiger partial charge in [0.25, 0.3) is 5.91 Å². The molecule has 4 aromatic rings. The van der Waals surface area contributed by atoms with Crippen molar-refractivity contribution in [3.8, 4) is 12.1 Å². The number of halogens is 2. The average molecular weight is 844 g/mol. The van der Waals surface area contributed by atoms with Gasteiger partial charge in [0.05, 0.1) is 32.4 Å². The lowest BCUT2D eigenvalue weighted by atomic mass is 9.94. The van der Waals surface area contributed by atoms with E-state index in [1.54, 1.807) is 18.2 Å². The van der Waals surface area contributed by atoms with Crippen molar-refractivity contribution in [2.75, 3.05) is 30.9 Å². The van der Waals surface area contributed by atoms with E-state index in [9.17, 15) is 9.59 Å². The molecule has 0 saturated heterocycles. The SMILES string of the molecule is CC(C)c1ccc(C=O)nn1.CC(C)c1ncc(C(N)=O)cn1.CN.CN(c1ccc(C#N)c(Cl)c1)C1CCCCC1.CN(c1ccc(C#N)c(Cl)c1)C1CCCCC1. The van der Waals surface area contributed by atoms with Crippen LogP contribution in [0.5, 0.6) is 0 Å². The fraction of sp³-hybridized carbons (Fsp3) is 0.467. The number of hydrogen-bond acceptors (Lipinski definition) is 11. The van der Waals surface area contributed by atoms with Crippen molar-refractivity contribution in [2.24, 2.45) is 11.5 Å². The molecule has 14 heteroatoms. The first-order chi connectivity index (χ1) is 28.3. The van der Waals surface area contributed by atoms with Crippen LogP contribution < -0.4 is 21.3 Å². The number of carbonyl (C=O) groups is 2. The van der Waals surface area contributed by atoms with E-state index in [2.05, 4.69) is 61.9 Å². The van der Waals surface area contributed by atoms with Gasteiger partial charge in [-0.3, -0.25) is 9.59 Å². The molecule has 0 atom stereocenters. The molecule has 0 unspecified atom stereocenters. The van der Waals surface area contributed by atoms with Gasteiger partial charge in [0.15, 0.2) is 6.29 Å². The van der Waals surface area contributed by atoms with E-state index in [4.69, 9.17) is 39.5 Å². The van der Waals surface area contributed by atoms with E-state index in [-0.39, 0.29) is 5.92 Å². The smallest absolute Gasteiger partial charge is 0.251 e. The summed E-state index contributed by atoms with van der Waals surface area (Å²) < 4.78 is 0. The molecule has 0 aliphatic heterocycles. The molecule has 1 amide bonds. The second-order valence-corrected chi connectivity index (χ2v) is 15.7. The summed E-state index contributed by atoms with van der Waals surface area (Å²) in [6.07, 6.45) is 16.6. The van der Waals surface area contributed by atoms with Crippen LogP contribution in [0.2, 0.25) is 10.0 Å².